The number of hydrogen-bond donors (Lipinski definition) is 2. The van der Waals surface area contributed by atoms with E-state index >= 15 is 0 Å². The van der Waals surface area contributed by atoms with Gasteiger partial charge in [0.05, 0.1) is 0 Å². The number of nitrogens with two attached hydrogens (primary N) is 1. The van der Waals surface area contributed by atoms with Crippen LogP contribution in [0.3, 0.4) is 0 Å². The third kappa shape index (κ3) is 5.95. The summed E-state index contributed by atoms with van der Waals surface area (Å²) < 4.78 is 0. The Balaban J connectivity index is 2.56. The minimum absolute atomic E-state index is 0.0731. The fourth-order valence-electron chi connectivity index (χ4n) is 1.89. The van der Waals surface area contributed by atoms with Gasteiger partial charge < -0.3 is 16.0 Å². The van der Waals surface area contributed by atoms with Gasteiger partial charge in [0.15, 0.2) is 0 Å². The van der Waals surface area contributed by atoms with Gasteiger partial charge in [0.1, 0.15) is 0 Å². The second-order valence-electron chi connectivity index (χ2n) is 6.01. The van der Waals surface area contributed by atoms with Crippen LogP contribution in [0.5, 0.6) is 0 Å². The first-order valence-corrected chi connectivity index (χ1v) is 7.07. The highest BCUT2D eigenvalue weighted by atomic mass is 16.2. The van der Waals surface area contributed by atoms with E-state index in [2.05, 4.69) is 5.32 Å². The molecular formula is C16H25N3O2. The highest BCUT2D eigenvalue weighted by molar-refractivity contribution is 5.93. The molecule has 0 aliphatic carbocycles. The van der Waals surface area contributed by atoms with E-state index in [1.807, 2.05) is 26.0 Å². The lowest BCUT2D eigenvalue weighted by Gasteiger charge is -2.21. The van der Waals surface area contributed by atoms with Crippen molar-refractivity contribution in [2.75, 3.05) is 14.1 Å². The molecule has 5 nitrogen and oxygen atoms in total. The van der Waals surface area contributed by atoms with E-state index in [0.29, 0.717) is 24.9 Å². The van der Waals surface area contributed by atoms with Crippen LogP contribution in [0, 0.1) is 0 Å². The summed E-state index contributed by atoms with van der Waals surface area (Å²) in [7, 11) is 3.38. The van der Waals surface area contributed by atoms with Crippen LogP contribution < -0.4 is 11.1 Å². The molecule has 0 atom stereocenters. The van der Waals surface area contributed by atoms with Crippen molar-refractivity contribution in [3.63, 3.8) is 0 Å². The first kappa shape index (κ1) is 17.2. The molecule has 0 bridgehead atoms. The van der Waals surface area contributed by atoms with E-state index in [1.165, 1.54) is 0 Å². The van der Waals surface area contributed by atoms with E-state index in [4.69, 9.17) is 5.73 Å². The monoisotopic (exact) mass is 291 g/mol. The molecule has 1 rings (SSSR count). The summed E-state index contributed by atoms with van der Waals surface area (Å²) in [5.41, 5.74) is 7.16. The molecule has 0 aromatic heterocycles. The van der Waals surface area contributed by atoms with Gasteiger partial charge in [0.25, 0.3) is 5.91 Å². The standard InChI is InChI=1S/C16H25N3O2/c1-16(2,17)10-9-14(20)19(4)11-12-5-7-13(8-6-12)15(21)18-3/h5-8H,9-11,17H2,1-4H3,(H,18,21). The van der Waals surface area contributed by atoms with E-state index in [1.54, 1.807) is 31.1 Å². The topological polar surface area (TPSA) is 75.4 Å². The van der Waals surface area contributed by atoms with Crippen LogP contribution in [0.15, 0.2) is 24.3 Å². The average Bonchev–Trinajstić information content (AvgIpc) is 2.43. The molecule has 1 aromatic carbocycles. The lowest BCUT2D eigenvalue weighted by molar-refractivity contribution is -0.130. The van der Waals surface area contributed by atoms with Crippen LogP contribution in [0.1, 0.15) is 42.6 Å². The van der Waals surface area contributed by atoms with Crippen LogP contribution in [-0.4, -0.2) is 36.3 Å². The van der Waals surface area contributed by atoms with Crippen molar-refractivity contribution in [1.82, 2.24) is 10.2 Å². The predicted molar refractivity (Wildman–Crippen MR) is 83.8 cm³/mol. The molecule has 2 amide bonds. The third-order valence-electron chi connectivity index (χ3n) is 3.27. The molecule has 0 heterocycles. The van der Waals surface area contributed by atoms with Gasteiger partial charge in [-0.2, -0.15) is 0 Å². The first-order valence-electron chi connectivity index (χ1n) is 7.07. The Hall–Kier alpha value is -1.88. The van der Waals surface area contributed by atoms with Crippen molar-refractivity contribution in [3.8, 4) is 0 Å². The lowest BCUT2D eigenvalue weighted by atomic mass is 10.00. The average molecular weight is 291 g/mol. The molecule has 0 unspecified atom stereocenters. The maximum atomic E-state index is 12.0. The molecule has 1 aromatic rings. The quantitative estimate of drug-likeness (QED) is 0.834. The van der Waals surface area contributed by atoms with Crippen molar-refractivity contribution in [1.29, 1.82) is 0 Å². The smallest absolute Gasteiger partial charge is 0.251 e. The summed E-state index contributed by atoms with van der Waals surface area (Å²) in [6.45, 7) is 4.35. The largest absolute Gasteiger partial charge is 0.355 e. The van der Waals surface area contributed by atoms with Crippen LogP contribution >= 0.6 is 0 Å². The minimum atomic E-state index is -0.328. The van der Waals surface area contributed by atoms with Crippen LogP contribution in [-0.2, 0) is 11.3 Å². The van der Waals surface area contributed by atoms with Crippen molar-refractivity contribution in [2.45, 2.75) is 38.8 Å². The minimum Gasteiger partial charge on any atom is -0.355 e. The molecule has 0 saturated heterocycles. The highest BCUT2D eigenvalue weighted by Crippen LogP contribution is 2.11. The fourth-order valence-corrected chi connectivity index (χ4v) is 1.89. The normalized spacial score (nSPS) is 11.1. The van der Waals surface area contributed by atoms with Gasteiger partial charge in [-0.3, -0.25) is 9.59 Å². The van der Waals surface area contributed by atoms with Crippen molar-refractivity contribution < 1.29 is 9.59 Å². The molecule has 3 N–H and O–H groups in total. The lowest BCUT2D eigenvalue weighted by Crippen LogP contribution is -2.34. The maximum Gasteiger partial charge on any atom is 0.251 e. The summed E-state index contributed by atoms with van der Waals surface area (Å²) in [6, 6.07) is 7.24. The molecule has 0 aliphatic heterocycles. The number of carbonyl (C=O) groups is 2. The van der Waals surface area contributed by atoms with E-state index < -0.39 is 0 Å². The first-order chi connectivity index (χ1) is 9.73. The molecule has 0 fully saturated rings. The summed E-state index contributed by atoms with van der Waals surface area (Å²) in [5.74, 6) is -0.0416. The molecule has 0 spiro atoms. The molecule has 0 radical (unpaired) electrons. The van der Waals surface area contributed by atoms with Gasteiger partial charge in [-0.05, 0) is 38.0 Å². The van der Waals surface area contributed by atoms with Gasteiger partial charge in [-0.1, -0.05) is 12.1 Å². The van der Waals surface area contributed by atoms with Crippen molar-refractivity contribution in [3.05, 3.63) is 35.4 Å². The second kappa shape index (κ2) is 7.22. The molecule has 0 aliphatic rings. The summed E-state index contributed by atoms with van der Waals surface area (Å²) in [6.07, 6.45) is 1.10. The Kier molecular flexibility index (Phi) is 5.90. The Labute approximate surface area is 126 Å². The second-order valence-corrected chi connectivity index (χ2v) is 6.01. The predicted octanol–water partition coefficient (Wildman–Crippen LogP) is 1.52. The number of amides is 2. The van der Waals surface area contributed by atoms with E-state index in [0.717, 1.165) is 5.56 Å². The zero-order valence-electron chi connectivity index (χ0n) is 13.3. The van der Waals surface area contributed by atoms with E-state index in [9.17, 15) is 9.59 Å². The number of benzene rings is 1. The SMILES string of the molecule is CNC(=O)c1ccc(CN(C)C(=O)CCC(C)(C)N)cc1. The van der Waals surface area contributed by atoms with Gasteiger partial charge in [-0.15, -0.1) is 0 Å². The summed E-state index contributed by atoms with van der Waals surface area (Å²) in [5, 5.41) is 2.58. The van der Waals surface area contributed by atoms with Gasteiger partial charge in [0.2, 0.25) is 5.91 Å². The van der Waals surface area contributed by atoms with Crippen molar-refractivity contribution >= 4 is 11.8 Å². The summed E-state index contributed by atoms with van der Waals surface area (Å²) >= 11 is 0. The molecule has 21 heavy (non-hydrogen) atoms. The molecule has 5 heteroatoms. The number of rotatable bonds is 6. The van der Waals surface area contributed by atoms with Gasteiger partial charge in [-0.25, -0.2) is 0 Å². The Morgan fingerprint density at radius 3 is 2.29 bits per heavy atom. The van der Waals surface area contributed by atoms with Crippen LogP contribution in [0.4, 0.5) is 0 Å². The Bertz CT molecular complexity index is 489. The number of hydrogen-bond acceptors (Lipinski definition) is 3. The van der Waals surface area contributed by atoms with Crippen molar-refractivity contribution in [2.24, 2.45) is 5.73 Å². The molecule has 116 valence electrons. The van der Waals surface area contributed by atoms with Crippen LogP contribution in [0.2, 0.25) is 0 Å². The third-order valence-corrected chi connectivity index (χ3v) is 3.27. The maximum absolute atomic E-state index is 12.0. The highest BCUT2D eigenvalue weighted by Gasteiger charge is 2.16. The summed E-state index contributed by atoms with van der Waals surface area (Å²) in [4.78, 5) is 25.1. The molecular weight excluding hydrogens is 266 g/mol. The van der Waals surface area contributed by atoms with E-state index in [-0.39, 0.29) is 17.4 Å². The Morgan fingerprint density at radius 1 is 1.24 bits per heavy atom. The van der Waals surface area contributed by atoms with Crippen LogP contribution in [0.25, 0.3) is 0 Å². The molecule has 0 saturated carbocycles. The van der Waals surface area contributed by atoms with Gasteiger partial charge >= 0.3 is 0 Å². The number of carbonyl (C=O) groups excluding carboxylic acids is 2. The number of nitrogens with zero attached hydrogens (tertiary/aromatic N) is 1. The number of nitrogens with one attached hydrogen (secondary N) is 1. The fraction of sp³-hybridized carbons (Fsp3) is 0.500. The Morgan fingerprint density at radius 2 is 1.81 bits per heavy atom. The zero-order chi connectivity index (χ0) is 16.0. The van der Waals surface area contributed by atoms with Gasteiger partial charge in [0, 0.05) is 38.2 Å². The zero-order valence-corrected chi connectivity index (χ0v) is 13.3.